The summed E-state index contributed by atoms with van der Waals surface area (Å²) in [6.07, 6.45) is 2.72. The van der Waals surface area contributed by atoms with E-state index in [4.69, 9.17) is 4.74 Å². The van der Waals surface area contributed by atoms with Crippen molar-refractivity contribution in [1.29, 1.82) is 0 Å². The summed E-state index contributed by atoms with van der Waals surface area (Å²) in [5, 5.41) is 14.8. The van der Waals surface area contributed by atoms with E-state index < -0.39 is 64.3 Å². The standard InChI is InChI=1S/C21H18F3N3O5.Na/c22-9-3-14(23)12(15(24)4-9)6-25-20(30)13-7-26-8-16-27(10-1-2-11(5-10)32-16)21(31)17(26)19(29)18(13)28;/h3-4,7,10-11,16,29H,1-2,5-6,8H2,(H,25,30);/q;+1/p-1/t10-,11+,16+;/m1./s1. The molecule has 2 aliphatic heterocycles. The van der Waals surface area contributed by atoms with Crippen molar-refractivity contribution in [2.75, 3.05) is 0 Å². The molecule has 3 atom stereocenters. The SMILES string of the molecule is O=C(NCc1c(F)cc(F)cc1F)c1cn2c(c([O-])c1=O)C(=O)N1[C@@H]3CC[C@@H](C3)O[C@H]1C2.[Na+]. The van der Waals surface area contributed by atoms with Crippen LogP contribution in [0.4, 0.5) is 13.2 Å². The normalized spacial score (nSPS) is 22.9. The first kappa shape index (κ1) is 23.8. The number of rotatable bonds is 3. The van der Waals surface area contributed by atoms with Gasteiger partial charge in [-0.2, -0.15) is 0 Å². The van der Waals surface area contributed by atoms with Gasteiger partial charge in [0.1, 0.15) is 28.7 Å². The van der Waals surface area contributed by atoms with Crippen LogP contribution in [0.25, 0.3) is 0 Å². The molecule has 5 rings (SSSR count). The van der Waals surface area contributed by atoms with Gasteiger partial charge in [0.15, 0.2) is 11.7 Å². The minimum Gasteiger partial charge on any atom is -0.868 e. The molecule has 8 nitrogen and oxygen atoms in total. The van der Waals surface area contributed by atoms with Crippen molar-refractivity contribution in [3.05, 3.63) is 62.8 Å². The summed E-state index contributed by atoms with van der Waals surface area (Å²) >= 11 is 0. The fourth-order valence-electron chi connectivity index (χ4n) is 4.70. The Morgan fingerprint density at radius 3 is 2.58 bits per heavy atom. The van der Waals surface area contributed by atoms with Crippen molar-refractivity contribution in [2.45, 2.75) is 50.7 Å². The van der Waals surface area contributed by atoms with Crippen LogP contribution >= 0.6 is 0 Å². The van der Waals surface area contributed by atoms with Crippen LogP contribution in [-0.4, -0.2) is 39.7 Å². The summed E-state index contributed by atoms with van der Waals surface area (Å²) in [6, 6.07) is 0.865. The Morgan fingerprint density at radius 2 is 1.88 bits per heavy atom. The second-order valence-electron chi connectivity index (χ2n) is 8.12. The van der Waals surface area contributed by atoms with E-state index in [1.54, 1.807) is 0 Å². The van der Waals surface area contributed by atoms with Crippen molar-refractivity contribution in [1.82, 2.24) is 14.8 Å². The van der Waals surface area contributed by atoms with E-state index in [-0.39, 0.29) is 53.9 Å². The quantitative estimate of drug-likeness (QED) is 0.522. The molecule has 2 aromatic rings. The molecule has 0 radical (unpaired) electrons. The van der Waals surface area contributed by atoms with Gasteiger partial charge in [0.05, 0.1) is 12.6 Å². The van der Waals surface area contributed by atoms with Crippen molar-refractivity contribution < 1.29 is 62.2 Å². The van der Waals surface area contributed by atoms with Crippen LogP contribution in [0.3, 0.4) is 0 Å². The van der Waals surface area contributed by atoms with Crippen LogP contribution in [-0.2, 0) is 17.8 Å². The number of nitrogens with one attached hydrogen (secondary N) is 1. The van der Waals surface area contributed by atoms with Gasteiger partial charge in [-0.1, -0.05) is 0 Å². The summed E-state index contributed by atoms with van der Waals surface area (Å²) in [5.74, 6) is -6.31. The number of fused-ring (bicyclic) bond motifs is 5. The van der Waals surface area contributed by atoms with Crippen molar-refractivity contribution in [3.63, 3.8) is 0 Å². The number of ether oxygens (including phenoxy) is 1. The van der Waals surface area contributed by atoms with Crippen LogP contribution in [0.2, 0.25) is 0 Å². The zero-order chi connectivity index (χ0) is 22.7. The Balaban J connectivity index is 0.00000259. The molecule has 168 valence electrons. The first-order valence-corrected chi connectivity index (χ1v) is 10.1. The van der Waals surface area contributed by atoms with Gasteiger partial charge in [0, 0.05) is 36.5 Å². The summed E-state index contributed by atoms with van der Waals surface area (Å²) in [6.45, 7) is -0.598. The maximum atomic E-state index is 13.8. The molecular formula is C21H17F3N3NaO5. The van der Waals surface area contributed by atoms with Gasteiger partial charge in [-0.15, -0.1) is 0 Å². The van der Waals surface area contributed by atoms with Gasteiger partial charge in [0.25, 0.3) is 11.8 Å². The first-order valence-electron chi connectivity index (χ1n) is 10.1. The van der Waals surface area contributed by atoms with Crippen LogP contribution in [0.15, 0.2) is 23.1 Å². The molecule has 3 heterocycles. The molecule has 0 spiro atoms. The molecule has 1 aliphatic carbocycles. The Labute approximate surface area is 207 Å². The largest absolute Gasteiger partial charge is 1.00 e. The summed E-state index contributed by atoms with van der Waals surface area (Å²) in [4.78, 5) is 39.6. The third kappa shape index (κ3) is 3.96. The molecule has 2 fully saturated rings. The van der Waals surface area contributed by atoms with Gasteiger partial charge in [0.2, 0.25) is 0 Å². The molecule has 1 saturated heterocycles. The van der Waals surface area contributed by atoms with Crippen molar-refractivity contribution in [3.8, 4) is 5.75 Å². The maximum absolute atomic E-state index is 13.8. The van der Waals surface area contributed by atoms with Gasteiger partial charge >= 0.3 is 29.6 Å². The molecule has 3 aliphatic rings. The van der Waals surface area contributed by atoms with E-state index >= 15 is 0 Å². The molecule has 0 unspecified atom stereocenters. The number of carbonyl (C=O) groups excluding carboxylic acids is 2. The molecule has 2 amide bonds. The van der Waals surface area contributed by atoms with Gasteiger partial charge < -0.3 is 24.6 Å². The number of halogens is 3. The summed E-state index contributed by atoms with van der Waals surface area (Å²) in [5.41, 5.74) is -2.70. The molecular weight excluding hydrogens is 454 g/mol. The van der Waals surface area contributed by atoms with Crippen molar-refractivity contribution >= 4 is 11.8 Å². The number of carbonyl (C=O) groups is 2. The monoisotopic (exact) mass is 471 g/mol. The number of pyridine rings is 1. The first-order chi connectivity index (χ1) is 15.2. The number of benzene rings is 1. The molecule has 1 N–H and O–H groups in total. The topological polar surface area (TPSA) is 104 Å². The van der Waals surface area contributed by atoms with E-state index in [1.165, 1.54) is 9.47 Å². The van der Waals surface area contributed by atoms with Gasteiger partial charge in [-0.3, -0.25) is 14.4 Å². The number of hydrogen-bond donors (Lipinski definition) is 1. The third-order valence-corrected chi connectivity index (χ3v) is 6.21. The van der Waals surface area contributed by atoms with Gasteiger partial charge in [-0.25, -0.2) is 13.2 Å². The Morgan fingerprint density at radius 1 is 1.18 bits per heavy atom. The predicted molar refractivity (Wildman–Crippen MR) is 100 cm³/mol. The molecule has 12 heteroatoms. The molecule has 1 saturated carbocycles. The molecule has 1 aromatic heterocycles. The maximum Gasteiger partial charge on any atom is 1.00 e. The van der Waals surface area contributed by atoms with Crippen LogP contribution < -0.4 is 45.4 Å². The smallest absolute Gasteiger partial charge is 0.868 e. The van der Waals surface area contributed by atoms with E-state index in [0.29, 0.717) is 18.6 Å². The third-order valence-electron chi connectivity index (χ3n) is 6.21. The fraction of sp³-hybridized carbons (Fsp3) is 0.381. The summed E-state index contributed by atoms with van der Waals surface area (Å²) < 4.78 is 47.8. The van der Waals surface area contributed by atoms with E-state index in [1.807, 2.05) is 0 Å². The number of hydrogen-bond acceptors (Lipinski definition) is 5. The fourth-order valence-corrected chi connectivity index (χ4v) is 4.70. The van der Waals surface area contributed by atoms with Crippen LogP contribution in [0, 0.1) is 17.5 Å². The number of amides is 2. The van der Waals surface area contributed by atoms with Crippen LogP contribution in [0.5, 0.6) is 5.75 Å². The van der Waals surface area contributed by atoms with Crippen molar-refractivity contribution in [2.24, 2.45) is 0 Å². The molecule has 33 heavy (non-hydrogen) atoms. The minimum atomic E-state index is -1.20. The number of nitrogens with zero attached hydrogens (tertiary/aromatic N) is 2. The Kier molecular flexibility index (Phi) is 6.34. The summed E-state index contributed by atoms with van der Waals surface area (Å²) in [7, 11) is 0. The average molecular weight is 471 g/mol. The second-order valence-corrected chi connectivity index (χ2v) is 8.12. The van der Waals surface area contributed by atoms with E-state index in [2.05, 4.69) is 5.32 Å². The van der Waals surface area contributed by atoms with Gasteiger partial charge in [-0.05, 0) is 25.0 Å². The molecule has 1 aromatic carbocycles. The average Bonchev–Trinajstić information content (AvgIpc) is 3.10. The zero-order valence-corrected chi connectivity index (χ0v) is 19.6. The number of aromatic nitrogens is 1. The predicted octanol–water partition coefficient (Wildman–Crippen LogP) is -1.99. The Hall–Kier alpha value is -2.34. The zero-order valence-electron chi connectivity index (χ0n) is 17.6. The molecule has 2 bridgehead atoms. The van der Waals surface area contributed by atoms with E-state index in [9.17, 15) is 32.7 Å². The van der Waals surface area contributed by atoms with E-state index in [0.717, 1.165) is 19.0 Å². The minimum absolute atomic E-state index is 0. The van der Waals surface area contributed by atoms with Crippen LogP contribution in [0.1, 0.15) is 45.7 Å². The second kappa shape index (κ2) is 8.79. The Bertz CT molecular complexity index is 1200.